The van der Waals surface area contributed by atoms with Crippen molar-refractivity contribution < 1.29 is 9.53 Å². The first kappa shape index (κ1) is 14.5. The highest BCUT2D eigenvalue weighted by molar-refractivity contribution is 8.01. The van der Waals surface area contributed by atoms with Crippen molar-refractivity contribution in [2.24, 2.45) is 0 Å². The Balaban J connectivity index is 2.07. The maximum atomic E-state index is 12.1. The largest absolute Gasteiger partial charge is 0.496 e. The summed E-state index contributed by atoms with van der Waals surface area (Å²) < 4.78 is 5.95. The van der Waals surface area contributed by atoms with E-state index in [0.29, 0.717) is 16.4 Å². The molecule has 20 heavy (non-hydrogen) atoms. The molecule has 0 aliphatic rings. The van der Waals surface area contributed by atoms with Crippen LogP contribution in [0, 0.1) is 0 Å². The summed E-state index contributed by atoms with van der Waals surface area (Å²) in [5, 5.41) is 11.1. The third-order valence-electron chi connectivity index (χ3n) is 2.30. The van der Waals surface area contributed by atoms with Gasteiger partial charge in [0.05, 0.1) is 12.7 Å². The Morgan fingerprint density at radius 3 is 3.05 bits per heavy atom. The van der Waals surface area contributed by atoms with Crippen molar-refractivity contribution in [3.63, 3.8) is 0 Å². The lowest BCUT2D eigenvalue weighted by atomic mass is 10.2. The Morgan fingerprint density at radius 1 is 1.50 bits per heavy atom. The third-order valence-corrected chi connectivity index (χ3v) is 4.27. The Kier molecular flexibility index (Phi) is 5.14. The van der Waals surface area contributed by atoms with Gasteiger partial charge >= 0.3 is 0 Å². The van der Waals surface area contributed by atoms with Crippen molar-refractivity contribution in [3.8, 4) is 5.75 Å². The predicted molar refractivity (Wildman–Crippen MR) is 81.8 cm³/mol. The van der Waals surface area contributed by atoms with Crippen molar-refractivity contribution >= 4 is 34.1 Å². The maximum Gasteiger partial charge on any atom is 0.261 e. The van der Waals surface area contributed by atoms with Gasteiger partial charge < -0.3 is 4.74 Å². The second kappa shape index (κ2) is 7.06. The van der Waals surface area contributed by atoms with Gasteiger partial charge in [-0.3, -0.25) is 10.1 Å². The lowest BCUT2D eigenvalue weighted by Gasteiger charge is -2.06. The Labute approximate surface area is 125 Å². The average Bonchev–Trinajstić information content (AvgIpc) is 2.92. The minimum absolute atomic E-state index is 0.265. The smallest absolute Gasteiger partial charge is 0.261 e. The summed E-state index contributed by atoms with van der Waals surface area (Å²) in [7, 11) is 1.53. The summed E-state index contributed by atoms with van der Waals surface area (Å²) in [6.45, 7) is 3.64. The minimum Gasteiger partial charge on any atom is -0.496 e. The Hall–Kier alpha value is -1.86. The number of para-hydroxylation sites is 1. The van der Waals surface area contributed by atoms with Gasteiger partial charge in [0, 0.05) is 5.75 Å². The summed E-state index contributed by atoms with van der Waals surface area (Å²) in [6, 6.07) is 7.02. The molecule has 0 bridgehead atoms. The zero-order valence-electron chi connectivity index (χ0n) is 10.8. The van der Waals surface area contributed by atoms with E-state index in [1.165, 1.54) is 30.2 Å². The Morgan fingerprint density at radius 2 is 2.30 bits per heavy atom. The molecule has 0 saturated carbocycles. The van der Waals surface area contributed by atoms with E-state index in [2.05, 4.69) is 22.1 Å². The minimum atomic E-state index is -0.265. The number of thioether (sulfide) groups is 1. The zero-order valence-corrected chi connectivity index (χ0v) is 12.5. The topological polar surface area (TPSA) is 64.1 Å². The average molecular weight is 307 g/mol. The molecule has 1 aromatic heterocycles. The van der Waals surface area contributed by atoms with Crippen LogP contribution in [-0.2, 0) is 0 Å². The van der Waals surface area contributed by atoms with E-state index in [1.54, 1.807) is 24.3 Å². The number of benzene rings is 1. The Bertz CT molecular complexity index is 613. The highest BCUT2D eigenvalue weighted by Gasteiger charge is 2.14. The number of carbonyl (C=O) groups excluding carboxylic acids is 1. The van der Waals surface area contributed by atoms with E-state index in [-0.39, 0.29) is 5.91 Å². The molecular formula is C13H13N3O2S2. The van der Waals surface area contributed by atoms with Gasteiger partial charge in [0.25, 0.3) is 5.91 Å². The van der Waals surface area contributed by atoms with Crippen LogP contribution < -0.4 is 10.1 Å². The van der Waals surface area contributed by atoms with Crippen LogP contribution in [0.5, 0.6) is 5.75 Å². The molecule has 0 saturated heterocycles. The summed E-state index contributed by atoms with van der Waals surface area (Å²) in [4.78, 5) is 12.1. The number of methoxy groups -OCH3 is 1. The van der Waals surface area contributed by atoms with Gasteiger partial charge in [0.1, 0.15) is 5.75 Å². The zero-order chi connectivity index (χ0) is 14.4. The van der Waals surface area contributed by atoms with Crippen molar-refractivity contribution in [2.75, 3.05) is 18.2 Å². The summed E-state index contributed by atoms with van der Waals surface area (Å²) >= 11 is 2.85. The molecule has 1 amide bonds. The van der Waals surface area contributed by atoms with Gasteiger partial charge in [-0.1, -0.05) is 41.3 Å². The fourth-order valence-electron chi connectivity index (χ4n) is 1.45. The van der Waals surface area contributed by atoms with Crippen molar-refractivity contribution in [3.05, 3.63) is 42.5 Å². The standard InChI is InChI=1S/C13H13N3O2S2/c1-3-8-19-13-16-15-12(20-13)14-11(17)9-6-4-5-7-10(9)18-2/h3-7H,1,8H2,2H3,(H,14,15,17). The van der Waals surface area contributed by atoms with Crippen LogP contribution in [-0.4, -0.2) is 29.0 Å². The molecule has 0 spiro atoms. The van der Waals surface area contributed by atoms with Gasteiger partial charge in [0.15, 0.2) is 4.34 Å². The van der Waals surface area contributed by atoms with Crippen LogP contribution in [0.25, 0.3) is 0 Å². The monoisotopic (exact) mass is 307 g/mol. The number of amides is 1. The van der Waals surface area contributed by atoms with E-state index in [4.69, 9.17) is 4.74 Å². The van der Waals surface area contributed by atoms with Gasteiger partial charge in [0.2, 0.25) is 5.13 Å². The van der Waals surface area contributed by atoms with Crippen molar-refractivity contribution in [1.29, 1.82) is 0 Å². The molecule has 0 fully saturated rings. The van der Waals surface area contributed by atoms with Crippen LogP contribution in [0.4, 0.5) is 5.13 Å². The molecule has 1 N–H and O–H groups in total. The first-order valence-corrected chi connectivity index (χ1v) is 7.56. The fraction of sp³-hybridized carbons (Fsp3) is 0.154. The highest BCUT2D eigenvalue weighted by Crippen LogP contribution is 2.26. The number of anilines is 1. The van der Waals surface area contributed by atoms with Gasteiger partial charge in [-0.15, -0.1) is 16.8 Å². The van der Waals surface area contributed by atoms with Crippen LogP contribution in [0.3, 0.4) is 0 Å². The lowest BCUT2D eigenvalue weighted by Crippen LogP contribution is -2.12. The molecule has 0 aliphatic heterocycles. The molecule has 0 atom stereocenters. The second-order valence-corrected chi connectivity index (χ2v) is 5.87. The number of nitrogens with one attached hydrogen (secondary N) is 1. The second-order valence-electron chi connectivity index (χ2n) is 3.63. The van der Waals surface area contributed by atoms with E-state index in [9.17, 15) is 4.79 Å². The first-order chi connectivity index (χ1) is 9.74. The van der Waals surface area contributed by atoms with E-state index >= 15 is 0 Å². The highest BCUT2D eigenvalue weighted by atomic mass is 32.2. The predicted octanol–water partition coefficient (Wildman–Crippen LogP) is 3.08. The van der Waals surface area contributed by atoms with Crippen LogP contribution in [0.1, 0.15) is 10.4 Å². The number of ether oxygens (including phenoxy) is 1. The molecule has 0 unspecified atom stereocenters. The van der Waals surface area contributed by atoms with Crippen molar-refractivity contribution in [2.45, 2.75) is 4.34 Å². The number of carbonyl (C=O) groups is 1. The maximum absolute atomic E-state index is 12.1. The molecule has 0 aliphatic carbocycles. The molecule has 1 heterocycles. The number of nitrogens with zero attached hydrogens (tertiary/aromatic N) is 2. The summed E-state index contributed by atoms with van der Waals surface area (Å²) in [5.41, 5.74) is 0.463. The number of rotatable bonds is 6. The van der Waals surface area contributed by atoms with E-state index in [0.717, 1.165) is 10.1 Å². The summed E-state index contributed by atoms with van der Waals surface area (Å²) in [5.74, 6) is 1.02. The van der Waals surface area contributed by atoms with Crippen LogP contribution in [0.15, 0.2) is 41.3 Å². The molecule has 104 valence electrons. The molecule has 2 rings (SSSR count). The number of hydrogen-bond donors (Lipinski definition) is 1. The molecule has 1 aromatic carbocycles. The van der Waals surface area contributed by atoms with Crippen LogP contribution >= 0.6 is 23.1 Å². The molecule has 0 radical (unpaired) electrons. The normalized spacial score (nSPS) is 10.1. The number of aromatic nitrogens is 2. The van der Waals surface area contributed by atoms with Gasteiger partial charge in [-0.05, 0) is 12.1 Å². The molecular weight excluding hydrogens is 294 g/mol. The van der Waals surface area contributed by atoms with E-state index < -0.39 is 0 Å². The third kappa shape index (κ3) is 3.58. The van der Waals surface area contributed by atoms with Gasteiger partial charge in [-0.25, -0.2) is 0 Å². The van der Waals surface area contributed by atoms with Gasteiger partial charge in [-0.2, -0.15) is 0 Å². The lowest BCUT2D eigenvalue weighted by molar-refractivity contribution is 0.102. The molecule has 7 heteroatoms. The molecule has 5 nitrogen and oxygen atoms in total. The number of hydrogen-bond acceptors (Lipinski definition) is 6. The quantitative estimate of drug-likeness (QED) is 0.505. The fourth-order valence-corrected chi connectivity index (χ4v) is 2.95. The van der Waals surface area contributed by atoms with Crippen molar-refractivity contribution in [1.82, 2.24) is 10.2 Å². The summed E-state index contributed by atoms with van der Waals surface area (Å²) in [6.07, 6.45) is 1.79. The molecule has 2 aromatic rings. The van der Waals surface area contributed by atoms with Crippen LogP contribution in [0.2, 0.25) is 0 Å². The SMILES string of the molecule is C=CCSc1nnc(NC(=O)c2ccccc2OC)s1. The van der Waals surface area contributed by atoms with E-state index in [1.807, 2.05) is 6.07 Å². The first-order valence-electron chi connectivity index (χ1n) is 5.76.